The summed E-state index contributed by atoms with van der Waals surface area (Å²) in [5.74, 6) is -0.350. The van der Waals surface area contributed by atoms with Gasteiger partial charge in [-0.25, -0.2) is 0 Å². The van der Waals surface area contributed by atoms with Crippen molar-refractivity contribution in [3.05, 3.63) is 47.0 Å². The third kappa shape index (κ3) is 4.36. The van der Waals surface area contributed by atoms with Gasteiger partial charge in [0.05, 0.1) is 12.5 Å². The molecule has 2 heteroatoms. The highest BCUT2D eigenvalue weighted by Crippen LogP contribution is 2.18. The second-order valence-corrected chi connectivity index (χ2v) is 4.70. The SMILES string of the molecule is CCOC(=O)C(C)c1ccc(CC=C(C)C)cc1. The van der Waals surface area contributed by atoms with E-state index in [2.05, 4.69) is 32.1 Å². The Morgan fingerprint density at radius 1 is 1.28 bits per heavy atom. The van der Waals surface area contributed by atoms with Crippen LogP contribution in [0, 0.1) is 0 Å². The Labute approximate surface area is 110 Å². The minimum atomic E-state index is -0.192. The molecule has 0 aliphatic rings. The van der Waals surface area contributed by atoms with Crippen molar-refractivity contribution in [2.45, 2.75) is 40.0 Å². The standard InChI is InChI=1S/C16H22O2/c1-5-18-16(17)13(4)15-10-8-14(9-11-15)7-6-12(2)3/h6,8-11,13H,5,7H2,1-4H3. The van der Waals surface area contributed by atoms with Crippen molar-refractivity contribution in [3.63, 3.8) is 0 Å². The lowest BCUT2D eigenvalue weighted by atomic mass is 9.99. The zero-order chi connectivity index (χ0) is 13.5. The van der Waals surface area contributed by atoms with Gasteiger partial charge in [-0.3, -0.25) is 4.79 Å². The molecule has 0 spiro atoms. The molecule has 0 radical (unpaired) electrons. The van der Waals surface area contributed by atoms with Gasteiger partial charge in [-0.15, -0.1) is 0 Å². The highest BCUT2D eigenvalue weighted by atomic mass is 16.5. The van der Waals surface area contributed by atoms with E-state index in [9.17, 15) is 4.79 Å². The normalized spacial score (nSPS) is 11.8. The van der Waals surface area contributed by atoms with Crippen molar-refractivity contribution in [2.75, 3.05) is 6.61 Å². The van der Waals surface area contributed by atoms with Gasteiger partial charge < -0.3 is 4.74 Å². The summed E-state index contributed by atoms with van der Waals surface area (Å²) in [5.41, 5.74) is 3.59. The van der Waals surface area contributed by atoms with Gasteiger partial charge in [0, 0.05) is 0 Å². The molecular formula is C16H22O2. The summed E-state index contributed by atoms with van der Waals surface area (Å²) in [6.07, 6.45) is 3.14. The third-order valence-electron chi connectivity index (χ3n) is 2.87. The van der Waals surface area contributed by atoms with Crippen molar-refractivity contribution < 1.29 is 9.53 Å². The molecule has 1 aromatic rings. The Hall–Kier alpha value is -1.57. The summed E-state index contributed by atoms with van der Waals surface area (Å²) in [6.45, 7) is 8.33. The average Bonchev–Trinajstić information content (AvgIpc) is 2.36. The minimum absolute atomic E-state index is 0.158. The average molecular weight is 246 g/mol. The molecule has 0 N–H and O–H groups in total. The van der Waals surface area contributed by atoms with Crippen LogP contribution in [0.3, 0.4) is 0 Å². The fraction of sp³-hybridized carbons (Fsp3) is 0.438. The largest absolute Gasteiger partial charge is 0.466 e. The number of carbonyl (C=O) groups is 1. The highest BCUT2D eigenvalue weighted by molar-refractivity contribution is 5.77. The van der Waals surface area contributed by atoms with Crippen LogP contribution in [0.2, 0.25) is 0 Å². The molecule has 0 aromatic heterocycles. The molecule has 1 rings (SSSR count). The maximum absolute atomic E-state index is 11.6. The molecule has 0 fully saturated rings. The van der Waals surface area contributed by atoms with E-state index in [1.165, 1.54) is 11.1 Å². The van der Waals surface area contributed by atoms with Crippen LogP contribution in [0.1, 0.15) is 44.7 Å². The van der Waals surface area contributed by atoms with E-state index in [1.54, 1.807) is 0 Å². The second kappa shape index (κ2) is 7.00. The third-order valence-corrected chi connectivity index (χ3v) is 2.87. The topological polar surface area (TPSA) is 26.3 Å². The molecule has 2 nitrogen and oxygen atoms in total. The van der Waals surface area contributed by atoms with Gasteiger partial charge in [-0.1, -0.05) is 35.9 Å². The van der Waals surface area contributed by atoms with Crippen LogP contribution in [-0.4, -0.2) is 12.6 Å². The Morgan fingerprint density at radius 3 is 2.39 bits per heavy atom. The number of hydrogen-bond donors (Lipinski definition) is 0. The zero-order valence-corrected chi connectivity index (χ0v) is 11.7. The molecular weight excluding hydrogens is 224 g/mol. The number of benzene rings is 1. The van der Waals surface area contributed by atoms with E-state index < -0.39 is 0 Å². The van der Waals surface area contributed by atoms with E-state index in [0.717, 1.165) is 12.0 Å². The number of carbonyl (C=O) groups excluding carboxylic acids is 1. The Balaban J connectivity index is 2.70. The number of hydrogen-bond acceptors (Lipinski definition) is 2. The molecule has 0 saturated carbocycles. The molecule has 0 heterocycles. The molecule has 0 bridgehead atoms. The second-order valence-electron chi connectivity index (χ2n) is 4.70. The van der Waals surface area contributed by atoms with Crippen LogP contribution in [0.25, 0.3) is 0 Å². The molecule has 1 unspecified atom stereocenters. The zero-order valence-electron chi connectivity index (χ0n) is 11.7. The lowest BCUT2D eigenvalue weighted by Crippen LogP contribution is -2.12. The number of ether oxygens (including phenoxy) is 1. The molecule has 98 valence electrons. The van der Waals surface area contributed by atoms with E-state index in [1.807, 2.05) is 26.0 Å². The van der Waals surface area contributed by atoms with Gasteiger partial charge in [-0.05, 0) is 45.2 Å². The fourth-order valence-corrected chi connectivity index (χ4v) is 1.67. The van der Waals surface area contributed by atoms with Crippen LogP contribution in [0.15, 0.2) is 35.9 Å². The van der Waals surface area contributed by atoms with Crippen molar-refractivity contribution in [3.8, 4) is 0 Å². The monoisotopic (exact) mass is 246 g/mol. The first-order valence-electron chi connectivity index (χ1n) is 6.43. The summed E-state index contributed by atoms with van der Waals surface area (Å²) in [5, 5.41) is 0. The smallest absolute Gasteiger partial charge is 0.313 e. The van der Waals surface area contributed by atoms with Gasteiger partial charge in [0.15, 0.2) is 0 Å². The van der Waals surface area contributed by atoms with Gasteiger partial charge in [0.25, 0.3) is 0 Å². The van der Waals surface area contributed by atoms with E-state index in [-0.39, 0.29) is 11.9 Å². The summed E-state index contributed by atoms with van der Waals surface area (Å²) < 4.78 is 5.02. The summed E-state index contributed by atoms with van der Waals surface area (Å²) in [4.78, 5) is 11.6. The first-order chi connectivity index (χ1) is 8.54. The Bertz CT molecular complexity index is 411. The van der Waals surface area contributed by atoms with E-state index in [4.69, 9.17) is 4.74 Å². The van der Waals surface area contributed by atoms with Crippen molar-refractivity contribution in [1.82, 2.24) is 0 Å². The van der Waals surface area contributed by atoms with Crippen LogP contribution in [0.4, 0.5) is 0 Å². The van der Waals surface area contributed by atoms with Crippen molar-refractivity contribution >= 4 is 5.97 Å². The molecule has 0 aliphatic heterocycles. The quantitative estimate of drug-likeness (QED) is 0.582. The van der Waals surface area contributed by atoms with Gasteiger partial charge >= 0.3 is 5.97 Å². The Kier molecular flexibility index (Phi) is 5.63. The van der Waals surface area contributed by atoms with Crippen molar-refractivity contribution in [1.29, 1.82) is 0 Å². The summed E-state index contributed by atoms with van der Waals surface area (Å²) >= 11 is 0. The van der Waals surface area contributed by atoms with Crippen LogP contribution in [0.5, 0.6) is 0 Å². The maximum Gasteiger partial charge on any atom is 0.313 e. The summed E-state index contributed by atoms with van der Waals surface area (Å²) in [7, 11) is 0. The molecule has 1 aromatic carbocycles. The van der Waals surface area contributed by atoms with Gasteiger partial charge in [-0.2, -0.15) is 0 Å². The molecule has 0 saturated heterocycles. The van der Waals surface area contributed by atoms with Crippen LogP contribution < -0.4 is 0 Å². The number of rotatable bonds is 5. The molecule has 0 amide bonds. The summed E-state index contributed by atoms with van der Waals surface area (Å²) in [6, 6.07) is 8.17. The van der Waals surface area contributed by atoms with Crippen molar-refractivity contribution in [2.24, 2.45) is 0 Å². The molecule has 0 aliphatic carbocycles. The van der Waals surface area contributed by atoms with Gasteiger partial charge in [0.1, 0.15) is 0 Å². The van der Waals surface area contributed by atoms with Crippen LogP contribution >= 0.6 is 0 Å². The number of allylic oxidation sites excluding steroid dienone is 2. The van der Waals surface area contributed by atoms with E-state index in [0.29, 0.717) is 6.61 Å². The minimum Gasteiger partial charge on any atom is -0.466 e. The predicted octanol–water partition coefficient (Wildman–Crippen LogP) is 3.86. The van der Waals surface area contributed by atoms with E-state index >= 15 is 0 Å². The maximum atomic E-state index is 11.6. The highest BCUT2D eigenvalue weighted by Gasteiger charge is 2.15. The Morgan fingerprint density at radius 2 is 1.89 bits per heavy atom. The predicted molar refractivity (Wildman–Crippen MR) is 74.6 cm³/mol. The first kappa shape index (κ1) is 14.5. The lowest BCUT2D eigenvalue weighted by Gasteiger charge is -2.11. The lowest BCUT2D eigenvalue weighted by molar-refractivity contribution is -0.144. The van der Waals surface area contributed by atoms with Crippen LogP contribution in [-0.2, 0) is 16.0 Å². The first-order valence-corrected chi connectivity index (χ1v) is 6.43. The number of esters is 1. The molecule has 18 heavy (non-hydrogen) atoms. The fourth-order valence-electron chi connectivity index (χ4n) is 1.67. The molecule has 1 atom stereocenters. The van der Waals surface area contributed by atoms with Gasteiger partial charge in [0.2, 0.25) is 0 Å².